The van der Waals surface area contributed by atoms with Crippen LogP contribution >= 0.6 is 0 Å². The zero-order chi connectivity index (χ0) is 26.0. The average Bonchev–Trinajstić information content (AvgIpc) is 3.13. The molecular weight excluding hydrogens is 454 g/mol. The zero-order valence-electron chi connectivity index (χ0n) is 21.0. The maximum atomic E-state index is 13.3. The summed E-state index contributed by atoms with van der Waals surface area (Å²) in [5.74, 6) is -0.776. The van der Waals surface area contributed by atoms with Gasteiger partial charge in [-0.3, -0.25) is 14.5 Å². The summed E-state index contributed by atoms with van der Waals surface area (Å²) in [6.07, 6.45) is 0.868. The van der Waals surface area contributed by atoms with Gasteiger partial charge in [-0.1, -0.05) is 45.0 Å². The molecule has 186 valence electrons. The number of aliphatic hydroxyl groups is 1. The van der Waals surface area contributed by atoms with Crippen molar-refractivity contribution in [3.8, 4) is 11.5 Å². The molecule has 3 aromatic carbocycles. The van der Waals surface area contributed by atoms with E-state index >= 15 is 0 Å². The molecule has 4 rings (SSSR count). The fourth-order valence-corrected chi connectivity index (χ4v) is 4.46. The van der Waals surface area contributed by atoms with Crippen LogP contribution in [0.5, 0.6) is 11.5 Å². The summed E-state index contributed by atoms with van der Waals surface area (Å²) in [6.45, 7) is 8.61. The number of Topliss-reactive ketones (excluding diaryl/α,β-unsaturated/α-hetero) is 1. The van der Waals surface area contributed by atoms with Crippen LogP contribution in [0.25, 0.3) is 5.76 Å². The van der Waals surface area contributed by atoms with Crippen LogP contribution in [0.3, 0.4) is 0 Å². The molecule has 0 saturated carbocycles. The van der Waals surface area contributed by atoms with Crippen LogP contribution in [-0.2, 0) is 9.59 Å². The van der Waals surface area contributed by atoms with Crippen molar-refractivity contribution >= 4 is 23.1 Å². The molecule has 0 radical (unpaired) electrons. The monoisotopic (exact) mass is 485 g/mol. The van der Waals surface area contributed by atoms with Gasteiger partial charge in [0.1, 0.15) is 17.3 Å². The van der Waals surface area contributed by atoms with Crippen LogP contribution in [0, 0.1) is 6.92 Å². The van der Waals surface area contributed by atoms with E-state index in [0.29, 0.717) is 35.1 Å². The third-order valence-corrected chi connectivity index (χ3v) is 6.38. The highest BCUT2D eigenvalue weighted by Gasteiger charge is 2.47. The standard InChI is InChI=1S/C30H31NO5/c1-5-15-36-25-14-11-22(16-19(25)4)28(33)26-27(21-7-6-8-24(32)17-21)31(30(35)29(26)34)23-12-9-20(10-13-23)18(2)3/h6-14,16-18,27,32-33H,5,15H2,1-4H3/b28-26-. The van der Waals surface area contributed by atoms with Gasteiger partial charge in [0.05, 0.1) is 18.2 Å². The van der Waals surface area contributed by atoms with Gasteiger partial charge in [0.15, 0.2) is 0 Å². The molecule has 1 unspecified atom stereocenters. The van der Waals surface area contributed by atoms with Crippen molar-refractivity contribution in [2.75, 3.05) is 11.5 Å². The van der Waals surface area contributed by atoms with Gasteiger partial charge < -0.3 is 14.9 Å². The highest BCUT2D eigenvalue weighted by molar-refractivity contribution is 6.51. The first-order chi connectivity index (χ1) is 17.2. The molecule has 0 aliphatic carbocycles. The number of phenolic OH excluding ortho intramolecular Hbond substituents is 1. The van der Waals surface area contributed by atoms with E-state index in [1.807, 2.05) is 26.0 Å². The number of benzene rings is 3. The van der Waals surface area contributed by atoms with E-state index in [9.17, 15) is 19.8 Å². The minimum Gasteiger partial charge on any atom is -0.508 e. The number of phenols is 1. The summed E-state index contributed by atoms with van der Waals surface area (Å²) in [5.41, 5.74) is 3.34. The largest absolute Gasteiger partial charge is 0.508 e. The van der Waals surface area contributed by atoms with Gasteiger partial charge in [0.2, 0.25) is 0 Å². The molecule has 0 aromatic heterocycles. The molecule has 3 aromatic rings. The first kappa shape index (κ1) is 25.0. The van der Waals surface area contributed by atoms with E-state index in [2.05, 4.69) is 13.8 Å². The van der Waals surface area contributed by atoms with Gasteiger partial charge >= 0.3 is 0 Å². The Balaban J connectivity index is 1.86. The van der Waals surface area contributed by atoms with Crippen molar-refractivity contribution in [1.82, 2.24) is 0 Å². The summed E-state index contributed by atoms with van der Waals surface area (Å²) in [5, 5.41) is 21.5. The number of aliphatic hydroxyl groups excluding tert-OH is 1. The number of hydrogen-bond acceptors (Lipinski definition) is 5. The number of aryl methyl sites for hydroxylation is 1. The first-order valence-corrected chi connectivity index (χ1v) is 12.2. The number of nitrogens with zero attached hydrogens (tertiary/aromatic N) is 1. The second kappa shape index (κ2) is 10.3. The molecule has 1 atom stereocenters. The van der Waals surface area contributed by atoms with Crippen molar-refractivity contribution in [2.45, 2.75) is 46.1 Å². The Morgan fingerprint density at radius 2 is 1.75 bits per heavy atom. The van der Waals surface area contributed by atoms with Crippen LogP contribution in [0.1, 0.15) is 61.4 Å². The number of anilines is 1. The van der Waals surface area contributed by atoms with Crippen LogP contribution in [-0.4, -0.2) is 28.5 Å². The zero-order valence-corrected chi connectivity index (χ0v) is 21.0. The molecule has 1 fully saturated rings. The fraction of sp³-hybridized carbons (Fsp3) is 0.267. The van der Waals surface area contributed by atoms with E-state index in [4.69, 9.17) is 4.74 Å². The molecule has 0 bridgehead atoms. The van der Waals surface area contributed by atoms with Gasteiger partial charge in [0, 0.05) is 11.3 Å². The van der Waals surface area contributed by atoms with E-state index in [1.54, 1.807) is 42.5 Å². The summed E-state index contributed by atoms with van der Waals surface area (Å²) in [6, 6.07) is 18.1. The van der Waals surface area contributed by atoms with Gasteiger partial charge in [0.25, 0.3) is 11.7 Å². The third kappa shape index (κ3) is 4.71. The topological polar surface area (TPSA) is 87.1 Å². The van der Waals surface area contributed by atoms with E-state index in [0.717, 1.165) is 17.5 Å². The molecule has 1 heterocycles. The Hall–Kier alpha value is -4.06. The number of carbonyl (C=O) groups is 2. The second-order valence-corrected chi connectivity index (χ2v) is 9.34. The lowest BCUT2D eigenvalue weighted by Crippen LogP contribution is -2.29. The third-order valence-electron chi connectivity index (χ3n) is 6.38. The minimum absolute atomic E-state index is 0.00140. The van der Waals surface area contributed by atoms with Crippen molar-refractivity contribution in [2.24, 2.45) is 0 Å². The van der Waals surface area contributed by atoms with E-state index in [1.165, 1.54) is 17.0 Å². The van der Waals surface area contributed by atoms with Crippen molar-refractivity contribution in [1.29, 1.82) is 0 Å². The van der Waals surface area contributed by atoms with Crippen LogP contribution in [0.4, 0.5) is 5.69 Å². The molecule has 1 saturated heterocycles. The highest BCUT2D eigenvalue weighted by Crippen LogP contribution is 2.43. The maximum Gasteiger partial charge on any atom is 0.300 e. The second-order valence-electron chi connectivity index (χ2n) is 9.34. The lowest BCUT2D eigenvalue weighted by Gasteiger charge is -2.26. The lowest BCUT2D eigenvalue weighted by atomic mass is 9.94. The summed E-state index contributed by atoms with van der Waals surface area (Å²) in [7, 11) is 0. The molecule has 6 nitrogen and oxygen atoms in total. The van der Waals surface area contributed by atoms with Crippen LogP contribution in [0.15, 0.2) is 72.3 Å². The van der Waals surface area contributed by atoms with E-state index in [-0.39, 0.29) is 17.1 Å². The Morgan fingerprint density at radius 3 is 2.36 bits per heavy atom. The Labute approximate surface area is 211 Å². The van der Waals surface area contributed by atoms with Crippen molar-refractivity contribution < 1.29 is 24.5 Å². The highest BCUT2D eigenvalue weighted by atomic mass is 16.5. The van der Waals surface area contributed by atoms with Gasteiger partial charge in [-0.2, -0.15) is 0 Å². The predicted molar refractivity (Wildman–Crippen MR) is 140 cm³/mol. The predicted octanol–water partition coefficient (Wildman–Crippen LogP) is 6.24. The quantitative estimate of drug-likeness (QED) is 0.235. The molecule has 1 aliphatic heterocycles. The van der Waals surface area contributed by atoms with Crippen molar-refractivity contribution in [3.63, 3.8) is 0 Å². The molecule has 0 spiro atoms. The Kier molecular flexibility index (Phi) is 7.15. The lowest BCUT2D eigenvalue weighted by molar-refractivity contribution is -0.132. The number of aromatic hydroxyl groups is 1. The Bertz CT molecular complexity index is 1320. The summed E-state index contributed by atoms with van der Waals surface area (Å²) < 4.78 is 5.73. The molecule has 36 heavy (non-hydrogen) atoms. The number of rotatable bonds is 7. The summed E-state index contributed by atoms with van der Waals surface area (Å²) >= 11 is 0. The number of ketones is 1. The van der Waals surface area contributed by atoms with Gasteiger partial charge in [-0.15, -0.1) is 0 Å². The van der Waals surface area contributed by atoms with Crippen molar-refractivity contribution in [3.05, 3.63) is 94.6 Å². The average molecular weight is 486 g/mol. The number of amides is 1. The number of ether oxygens (including phenoxy) is 1. The van der Waals surface area contributed by atoms with Gasteiger partial charge in [-0.25, -0.2) is 0 Å². The molecule has 1 amide bonds. The van der Waals surface area contributed by atoms with E-state index < -0.39 is 17.7 Å². The minimum atomic E-state index is -0.904. The molecule has 1 aliphatic rings. The Morgan fingerprint density at radius 1 is 1.03 bits per heavy atom. The number of hydrogen-bond donors (Lipinski definition) is 2. The molecule has 6 heteroatoms. The first-order valence-electron chi connectivity index (χ1n) is 12.2. The van der Waals surface area contributed by atoms with Gasteiger partial charge in [-0.05, 0) is 78.4 Å². The normalized spacial score (nSPS) is 17.1. The fourth-order valence-electron chi connectivity index (χ4n) is 4.46. The molecular formula is C30H31NO5. The van der Waals surface area contributed by atoms with Crippen LogP contribution in [0.2, 0.25) is 0 Å². The smallest absolute Gasteiger partial charge is 0.300 e. The maximum absolute atomic E-state index is 13.3. The summed E-state index contributed by atoms with van der Waals surface area (Å²) in [4.78, 5) is 28.1. The molecule has 2 N–H and O–H groups in total. The number of carbonyl (C=O) groups excluding carboxylic acids is 2. The SMILES string of the molecule is CCCOc1ccc(/C(O)=C2/C(=O)C(=O)N(c3ccc(C(C)C)cc3)C2c2cccc(O)c2)cc1C. The van der Waals surface area contributed by atoms with Crippen LogP contribution < -0.4 is 9.64 Å².